The molecule has 2 heteroatoms. The fourth-order valence-electron chi connectivity index (χ4n) is 1.70. The first-order valence-electron chi connectivity index (χ1n) is 5.26. The Labute approximate surface area is 86.9 Å². The molecular weight excluding hydrogens is 191 g/mol. The molecule has 0 N–H and O–H groups in total. The summed E-state index contributed by atoms with van der Waals surface area (Å²) in [5, 5.41) is 1.38. The van der Waals surface area contributed by atoms with Crippen molar-refractivity contribution in [3.05, 3.63) is 30.3 Å². The lowest BCUT2D eigenvalue weighted by Crippen LogP contribution is -2.24. The number of rotatable bonds is 3. The maximum absolute atomic E-state index is 6.17. The molecule has 0 aromatic heterocycles. The van der Waals surface area contributed by atoms with Gasteiger partial charge in [-0.05, 0) is 31.4 Å². The van der Waals surface area contributed by atoms with Crippen LogP contribution < -0.4 is 5.30 Å². The molecule has 76 valence electrons. The largest absolute Gasteiger partial charge is 0.230 e. The molecule has 1 aliphatic carbocycles. The minimum absolute atomic E-state index is 0.540. The van der Waals surface area contributed by atoms with Crippen molar-refractivity contribution in [2.24, 2.45) is 0 Å². The van der Waals surface area contributed by atoms with Crippen molar-refractivity contribution in [2.45, 2.75) is 25.4 Å². The molecule has 14 heavy (non-hydrogen) atoms. The molecule has 1 aromatic rings. The lowest BCUT2D eigenvalue weighted by molar-refractivity contribution is 0.135. The van der Waals surface area contributed by atoms with Gasteiger partial charge in [0.05, 0.1) is 13.3 Å². The molecule has 0 unspecified atom stereocenters. The highest BCUT2D eigenvalue weighted by Crippen LogP contribution is 2.54. The van der Waals surface area contributed by atoms with Gasteiger partial charge in [0.25, 0.3) is 0 Å². The molecular formula is C12H18OP+. The third-order valence-corrected chi connectivity index (χ3v) is 5.21. The first-order chi connectivity index (χ1) is 6.68. The van der Waals surface area contributed by atoms with E-state index in [0.29, 0.717) is 6.10 Å². The van der Waals surface area contributed by atoms with Crippen LogP contribution in [0.2, 0.25) is 0 Å². The zero-order valence-electron chi connectivity index (χ0n) is 8.94. The summed E-state index contributed by atoms with van der Waals surface area (Å²) in [6.45, 7) is 4.53. The topological polar surface area (TPSA) is 9.23 Å². The zero-order valence-corrected chi connectivity index (χ0v) is 9.84. The van der Waals surface area contributed by atoms with Gasteiger partial charge in [-0.1, -0.05) is 18.2 Å². The van der Waals surface area contributed by atoms with Crippen LogP contribution in [0, 0.1) is 0 Å². The van der Waals surface area contributed by atoms with Gasteiger partial charge in [-0.15, -0.1) is 0 Å². The molecule has 0 aliphatic heterocycles. The van der Waals surface area contributed by atoms with Crippen molar-refractivity contribution in [1.29, 1.82) is 0 Å². The summed E-state index contributed by atoms with van der Waals surface area (Å²) in [6, 6.07) is 10.6. The standard InChI is InChI=1S/C12H18OP/c1-14(2,13-11-7-6-8-11)12-9-4-3-5-10-12/h3-5,9-11H,6-8H2,1-2H3/q+1. The summed E-state index contributed by atoms with van der Waals surface area (Å²) >= 11 is 0. The third-order valence-electron chi connectivity index (χ3n) is 2.84. The van der Waals surface area contributed by atoms with E-state index < -0.39 is 7.49 Å². The van der Waals surface area contributed by atoms with E-state index in [0.717, 1.165) is 0 Å². The second kappa shape index (κ2) is 4.00. The Morgan fingerprint density at radius 3 is 2.29 bits per heavy atom. The van der Waals surface area contributed by atoms with E-state index >= 15 is 0 Å². The Hall–Kier alpha value is -0.390. The molecule has 1 aromatic carbocycles. The predicted molar refractivity (Wildman–Crippen MR) is 63.6 cm³/mol. The first kappa shape index (κ1) is 10.1. The van der Waals surface area contributed by atoms with Crippen LogP contribution in [0.4, 0.5) is 0 Å². The first-order valence-corrected chi connectivity index (χ1v) is 7.86. The Bertz CT molecular complexity index is 290. The molecule has 0 bridgehead atoms. The Kier molecular flexibility index (Phi) is 2.90. The second-order valence-corrected chi connectivity index (χ2v) is 7.77. The summed E-state index contributed by atoms with van der Waals surface area (Å²) in [6.07, 6.45) is 4.41. The average Bonchev–Trinajstić information content (AvgIpc) is 2.13. The summed E-state index contributed by atoms with van der Waals surface area (Å²) in [5.74, 6) is 0. The molecule has 0 atom stereocenters. The monoisotopic (exact) mass is 209 g/mol. The summed E-state index contributed by atoms with van der Waals surface area (Å²) in [7, 11) is -1.32. The van der Waals surface area contributed by atoms with Crippen LogP contribution in [0.25, 0.3) is 0 Å². The van der Waals surface area contributed by atoms with Crippen molar-refractivity contribution in [3.8, 4) is 0 Å². The molecule has 0 radical (unpaired) electrons. The minimum atomic E-state index is -1.32. The van der Waals surface area contributed by atoms with E-state index in [9.17, 15) is 0 Å². The van der Waals surface area contributed by atoms with Gasteiger partial charge in [0.1, 0.15) is 11.4 Å². The summed E-state index contributed by atoms with van der Waals surface area (Å²) in [5.41, 5.74) is 0. The Morgan fingerprint density at radius 1 is 1.14 bits per heavy atom. The molecule has 2 rings (SSSR count). The summed E-state index contributed by atoms with van der Waals surface area (Å²) < 4.78 is 6.17. The molecule has 0 amide bonds. The van der Waals surface area contributed by atoms with Crippen LogP contribution in [0.3, 0.4) is 0 Å². The number of hydrogen-bond acceptors (Lipinski definition) is 1. The predicted octanol–water partition coefficient (Wildman–Crippen LogP) is 3.07. The maximum Gasteiger partial charge on any atom is 0.172 e. The van der Waals surface area contributed by atoms with Gasteiger partial charge in [0.15, 0.2) is 7.49 Å². The Morgan fingerprint density at radius 2 is 1.79 bits per heavy atom. The van der Waals surface area contributed by atoms with Gasteiger partial charge in [0, 0.05) is 0 Å². The smallest absolute Gasteiger partial charge is 0.172 e. The van der Waals surface area contributed by atoms with E-state index in [1.165, 1.54) is 24.6 Å². The molecule has 1 nitrogen and oxygen atoms in total. The van der Waals surface area contributed by atoms with E-state index in [2.05, 4.69) is 43.7 Å². The molecule has 1 aliphatic rings. The van der Waals surface area contributed by atoms with Crippen LogP contribution in [-0.2, 0) is 4.52 Å². The van der Waals surface area contributed by atoms with Crippen molar-refractivity contribution >= 4 is 12.8 Å². The van der Waals surface area contributed by atoms with Gasteiger partial charge in [-0.2, -0.15) is 0 Å². The van der Waals surface area contributed by atoms with Crippen LogP contribution in [0.5, 0.6) is 0 Å². The third kappa shape index (κ3) is 2.16. The SMILES string of the molecule is C[P+](C)(OC1CCC1)c1ccccc1. The quantitative estimate of drug-likeness (QED) is 0.695. The second-order valence-electron chi connectivity index (χ2n) is 4.34. The summed E-state index contributed by atoms with van der Waals surface area (Å²) in [4.78, 5) is 0. The highest BCUT2D eigenvalue weighted by atomic mass is 31.2. The normalized spacial score (nSPS) is 17.9. The zero-order chi connectivity index (χ0) is 10.0. The molecule has 1 saturated carbocycles. The van der Waals surface area contributed by atoms with E-state index in [4.69, 9.17) is 4.52 Å². The van der Waals surface area contributed by atoms with E-state index in [-0.39, 0.29) is 0 Å². The van der Waals surface area contributed by atoms with Crippen LogP contribution in [-0.4, -0.2) is 19.4 Å². The van der Waals surface area contributed by atoms with Crippen LogP contribution in [0.1, 0.15) is 19.3 Å². The Balaban J connectivity index is 2.06. The molecule has 0 heterocycles. The molecule has 0 spiro atoms. The minimum Gasteiger partial charge on any atom is -0.230 e. The van der Waals surface area contributed by atoms with E-state index in [1.54, 1.807) is 0 Å². The lowest BCUT2D eigenvalue weighted by atomic mass is 9.97. The fourth-order valence-corrected chi connectivity index (χ4v) is 3.66. The van der Waals surface area contributed by atoms with Crippen molar-refractivity contribution < 1.29 is 4.52 Å². The van der Waals surface area contributed by atoms with Crippen LogP contribution in [0.15, 0.2) is 30.3 Å². The molecule has 0 saturated heterocycles. The van der Waals surface area contributed by atoms with Gasteiger partial charge in [-0.3, -0.25) is 0 Å². The molecule has 1 fully saturated rings. The lowest BCUT2D eigenvalue weighted by Gasteiger charge is -2.28. The number of hydrogen-bond donors (Lipinski definition) is 0. The number of benzene rings is 1. The van der Waals surface area contributed by atoms with Gasteiger partial charge in [0.2, 0.25) is 0 Å². The van der Waals surface area contributed by atoms with Gasteiger partial charge >= 0.3 is 0 Å². The van der Waals surface area contributed by atoms with Gasteiger partial charge < -0.3 is 0 Å². The van der Waals surface area contributed by atoms with Crippen molar-refractivity contribution in [3.63, 3.8) is 0 Å². The van der Waals surface area contributed by atoms with Crippen molar-refractivity contribution in [1.82, 2.24) is 0 Å². The highest BCUT2D eigenvalue weighted by Gasteiger charge is 2.36. The van der Waals surface area contributed by atoms with E-state index in [1.807, 2.05) is 0 Å². The van der Waals surface area contributed by atoms with Gasteiger partial charge in [-0.25, -0.2) is 4.52 Å². The van der Waals surface area contributed by atoms with Crippen molar-refractivity contribution in [2.75, 3.05) is 13.3 Å². The highest BCUT2D eigenvalue weighted by molar-refractivity contribution is 7.77. The fraction of sp³-hybridized carbons (Fsp3) is 0.500. The van der Waals surface area contributed by atoms with Crippen LogP contribution >= 0.6 is 7.49 Å². The maximum atomic E-state index is 6.17. The average molecular weight is 209 g/mol.